The summed E-state index contributed by atoms with van der Waals surface area (Å²) >= 11 is 6.05. The average molecular weight is 554 g/mol. The van der Waals surface area contributed by atoms with Crippen LogP contribution in [0.25, 0.3) is 0 Å². The number of piperazine rings is 1. The number of aliphatic carboxylic acids is 1. The number of carbonyl (C=O) groups excluding carboxylic acids is 2. The van der Waals surface area contributed by atoms with Crippen molar-refractivity contribution in [3.63, 3.8) is 0 Å². The molecule has 0 bridgehead atoms. The van der Waals surface area contributed by atoms with Crippen molar-refractivity contribution in [2.75, 3.05) is 24.5 Å². The Labute approximate surface area is 224 Å². The number of hydrogen-bond donors (Lipinski definition) is 2. The van der Waals surface area contributed by atoms with Gasteiger partial charge in [0.2, 0.25) is 5.91 Å². The molecule has 206 valence electrons. The standard InChI is InChI=1S/C25H30ClN3O2.C2HF3O2/c1-25(2)17-28(15-16-29(25)20-13-11-19(26)12-14-20)24(31)21-9-6-10-22(21)27-23(30)18-7-4-3-5-8-18;3-2(4,5)1(6)7/h3-5,7-8,11-14,21-22H,6,9-10,15-17H2,1-2H3,(H,27,30);(H,6,7)/t21-,22+;/m1./s1. The molecule has 2 atom stereocenters. The molecule has 1 heterocycles. The Morgan fingerprint density at radius 2 is 1.61 bits per heavy atom. The van der Waals surface area contributed by atoms with Gasteiger partial charge in [-0.25, -0.2) is 4.79 Å². The van der Waals surface area contributed by atoms with Crippen LogP contribution in [0.5, 0.6) is 0 Å². The van der Waals surface area contributed by atoms with E-state index in [4.69, 9.17) is 21.5 Å². The van der Waals surface area contributed by atoms with Gasteiger partial charge in [-0.05, 0) is 63.1 Å². The first kappa shape index (κ1) is 29.3. The van der Waals surface area contributed by atoms with Gasteiger partial charge in [-0.1, -0.05) is 36.2 Å². The first-order chi connectivity index (χ1) is 17.8. The predicted molar refractivity (Wildman–Crippen MR) is 138 cm³/mol. The first-order valence-electron chi connectivity index (χ1n) is 12.3. The van der Waals surface area contributed by atoms with Crippen molar-refractivity contribution in [2.45, 2.75) is 50.9 Å². The maximum atomic E-state index is 13.4. The lowest BCUT2D eigenvalue weighted by molar-refractivity contribution is -0.192. The summed E-state index contributed by atoms with van der Waals surface area (Å²) in [5, 5.41) is 11.0. The third-order valence-corrected chi connectivity index (χ3v) is 7.03. The van der Waals surface area contributed by atoms with Gasteiger partial charge in [-0.15, -0.1) is 0 Å². The number of benzene rings is 2. The van der Waals surface area contributed by atoms with E-state index in [0.717, 1.165) is 36.5 Å². The summed E-state index contributed by atoms with van der Waals surface area (Å²) in [7, 11) is 0. The zero-order valence-electron chi connectivity index (χ0n) is 21.2. The number of alkyl halides is 3. The molecule has 2 aromatic rings. The van der Waals surface area contributed by atoms with Crippen LogP contribution < -0.4 is 10.2 Å². The number of amides is 2. The molecule has 2 aliphatic rings. The van der Waals surface area contributed by atoms with Gasteiger partial charge < -0.3 is 20.2 Å². The zero-order valence-corrected chi connectivity index (χ0v) is 21.9. The molecule has 1 aliphatic carbocycles. The number of halogens is 4. The smallest absolute Gasteiger partial charge is 0.475 e. The van der Waals surface area contributed by atoms with Crippen molar-refractivity contribution >= 4 is 35.1 Å². The summed E-state index contributed by atoms with van der Waals surface area (Å²) in [6.07, 6.45) is -2.44. The van der Waals surface area contributed by atoms with E-state index >= 15 is 0 Å². The molecule has 38 heavy (non-hydrogen) atoms. The summed E-state index contributed by atoms with van der Waals surface area (Å²) in [6.45, 7) is 6.45. The van der Waals surface area contributed by atoms with Crippen LogP contribution in [0.1, 0.15) is 43.5 Å². The van der Waals surface area contributed by atoms with Gasteiger partial charge in [0.05, 0.1) is 11.5 Å². The molecule has 2 amide bonds. The number of anilines is 1. The number of nitrogens with one attached hydrogen (secondary N) is 1. The highest BCUT2D eigenvalue weighted by molar-refractivity contribution is 6.30. The molecule has 0 spiro atoms. The molecule has 0 radical (unpaired) electrons. The topological polar surface area (TPSA) is 90.0 Å². The Bertz CT molecular complexity index is 1130. The van der Waals surface area contributed by atoms with E-state index < -0.39 is 12.1 Å². The van der Waals surface area contributed by atoms with Gasteiger partial charge in [0.25, 0.3) is 5.91 Å². The molecule has 4 rings (SSSR count). The number of hydrogen-bond acceptors (Lipinski definition) is 4. The Morgan fingerprint density at radius 1 is 1.00 bits per heavy atom. The van der Waals surface area contributed by atoms with Crippen LogP contribution in [-0.2, 0) is 9.59 Å². The Hall–Kier alpha value is -3.27. The predicted octanol–water partition coefficient (Wildman–Crippen LogP) is 5.00. The lowest BCUT2D eigenvalue weighted by Gasteiger charge is -2.49. The molecular weight excluding hydrogens is 523 g/mol. The molecule has 2 N–H and O–H groups in total. The second-order valence-corrected chi connectivity index (χ2v) is 10.4. The van der Waals surface area contributed by atoms with Crippen LogP contribution in [0, 0.1) is 5.92 Å². The maximum Gasteiger partial charge on any atom is 0.490 e. The van der Waals surface area contributed by atoms with E-state index in [-0.39, 0.29) is 29.3 Å². The van der Waals surface area contributed by atoms with Crippen LogP contribution in [-0.4, -0.2) is 65.2 Å². The molecule has 1 aliphatic heterocycles. The van der Waals surface area contributed by atoms with E-state index in [9.17, 15) is 22.8 Å². The van der Waals surface area contributed by atoms with Crippen molar-refractivity contribution in [3.8, 4) is 0 Å². The summed E-state index contributed by atoms with van der Waals surface area (Å²) in [5.41, 5.74) is 1.57. The Balaban J connectivity index is 0.000000505. The maximum absolute atomic E-state index is 13.4. The summed E-state index contributed by atoms with van der Waals surface area (Å²) < 4.78 is 31.7. The molecule has 0 aromatic heterocycles. The van der Waals surface area contributed by atoms with E-state index in [1.807, 2.05) is 47.4 Å². The Kier molecular flexibility index (Phi) is 9.30. The Morgan fingerprint density at radius 3 is 2.16 bits per heavy atom. The van der Waals surface area contributed by atoms with Crippen LogP contribution in [0.4, 0.5) is 18.9 Å². The second kappa shape index (κ2) is 12.1. The second-order valence-electron chi connectivity index (χ2n) is 9.99. The summed E-state index contributed by atoms with van der Waals surface area (Å²) in [5.74, 6) is -2.84. The van der Waals surface area contributed by atoms with Crippen molar-refractivity contribution in [1.29, 1.82) is 0 Å². The summed E-state index contributed by atoms with van der Waals surface area (Å²) in [6, 6.07) is 17.0. The van der Waals surface area contributed by atoms with Gasteiger partial charge in [-0.2, -0.15) is 13.2 Å². The van der Waals surface area contributed by atoms with Gasteiger partial charge in [0.15, 0.2) is 0 Å². The van der Waals surface area contributed by atoms with Gasteiger partial charge in [0, 0.05) is 41.9 Å². The minimum absolute atomic E-state index is 0.0989. The van der Waals surface area contributed by atoms with Crippen LogP contribution >= 0.6 is 11.6 Å². The summed E-state index contributed by atoms with van der Waals surface area (Å²) in [4.78, 5) is 39.3. The lowest BCUT2D eigenvalue weighted by atomic mass is 9.94. The fourth-order valence-electron chi connectivity index (χ4n) is 4.95. The lowest BCUT2D eigenvalue weighted by Crippen LogP contribution is -2.62. The van der Waals surface area contributed by atoms with Crippen LogP contribution in [0.3, 0.4) is 0 Å². The molecule has 7 nitrogen and oxygen atoms in total. The minimum Gasteiger partial charge on any atom is -0.475 e. The van der Waals surface area contributed by atoms with Gasteiger partial charge in [0.1, 0.15) is 0 Å². The number of carboxylic acid groups (broad SMARTS) is 1. The average Bonchev–Trinajstić information content (AvgIpc) is 3.32. The fraction of sp³-hybridized carbons (Fsp3) is 0.444. The van der Waals surface area contributed by atoms with E-state index in [1.165, 1.54) is 0 Å². The van der Waals surface area contributed by atoms with Crippen LogP contribution in [0.2, 0.25) is 5.02 Å². The quantitative estimate of drug-likeness (QED) is 0.556. The number of nitrogens with zero attached hydrogens (tertiary/aromatic N) is 2. The first-order valence-corrected chi connectivity index (χ1v) is 12.7. The van der Waals surface area contributed by atoms with E-state index in [1.54, 1.807) is 12.1 Å². The van der Waals surface area contributed by atoms with E-state index in [0.29, 0.717) is 18.7 Å². The van der Waals surface area contributed by atoms with Gasteiger partial charge >= 0.3 is 12.1 Å². The van der Waals surface area contributed by atoms with Crippen molar-refractivity contribution in [3.05, 3.63) is 65.2 Å². The number of rotatable bonds is 4. The van der Waals surface area contributed by atoms with Crippen molar-refractivity contribution < 1.29 is 32.7 Å². The minimum atomic E-state index is -5.08. The molecule has 2 aromatic carbocycles. The highest BCUT2D eigenvalue weighted by atomic mass is 35.5. The van der Waals surface area contributed by atoms with Crippen molar-refractivity contribution in [1.82, 2.24) is 10.2 Å². The van der Waals surface area contributed by atoms with Crippen molar-refractivity contribution in [2.24, 2.45) is 5.92 Å². The molecule has 1 saturated carbocycles. The molecule has 0 unspecified atom stereocenters. The normalized spacial score (nSPS) is 20.8. The third-order valence-electron chi connectivity index (χ3n) is 6.78. The van der Waals surface area contributed by atoms with E-state index in [2.05, 4.69) is 24.1 Å². The largest absolute Gasteiger partial charge is 0.490 e. The number of carboxylic acids is 1. The molecule has 11 heteroatoms. The molecule has 1 saturated heterocycles. The fourth-order valence-corrected chi connectivity index (χ4v) is 5.07. The molecule has 2 fully saturated rings. The highest BCUT2D eigenvalue weighted by Crippen LogP contribution is 2.32. The SMILES string of the molecule is CC1(C)CN(C(=O)[C@@H]2CCC[C@@H]2NC(=O)c2ccccc2)CCN1c1ccc(Cl)cc1.O=C(O)C(F)(F)F. The van der Waals surface area contributed by atoms with Crippen LogP contribution in [0.15, 0.2) is 54.6 Å². The van der Waals surface area contributed by atoms with Gasteiger partial charge in [-0.3, -0.25) is 9.59 Å². The number of carbonyl (C=O) groups is 3. The molecular formula is C27H31ClF3N3O4. The highest BCUT2D eigenvalue weighted by Gasteiger charge is 2.41. The third kappa shape index (κ3) is 7.40. The monoisotopic (exact) mass is 553 g/mol. The zero-order chi connectivity index (χ0) is 28.1.